The molecule has 2 rings (SSSR count). The third kappa shape index (κ3) is 2.56. The van der Waals surface area contributed by atoms with E-state index < -0.39 is 0 Å². The number of hydrogen-bond acceptors (Lipinski definition) is 3. The third-order valence-electron chi connectivity index (χ3n) is 2.58. The highest BCUT2D eigenvalue weighted by Crippen LogP contribution is 2.28. The van der Waals surface area contributed by atoms with Gasteiger partial charge in [0.05, 0.1) is 5.69 Å². The van der Waals surface area contributed by atoms with E-state index in [0.29, 0.717) is 11.6 Å². The Morgan fingerprint density at radius 1 is 1.06 bits per heavy atom. The van der Waals surface area contributed by atoms with Gasteiger partial charge in [-0.1, -0.05) is 6.07 Å². The zero-order valence-electron chi connectivity index (χ0n) is 10.3. The minimum atomic E-state index is 0.468. The van der Waals surface area contributed by atoms with E-state index in [-0.39, 0.29) is 0 Å². The lowest BCUT2D eigenvalue weighted by atomic mass is 10.1. The Bertz CT molecular complexity index is 530. The summed E-state index contributed by atoms with van der Waals surface area (Å²) < 4.78 is 5.72. The van der Waals surface area contributed by atoms with Crippen LogP contribution in [0.25, 0.3) is 0 Å². The fraction of sp³-hybridized carbons (Fsp3) is 0.214. The van der Waals surface area contributed by atoms with Gasteiger partial charge in [0, 0.05) is 6.20 Å². The molecule has 0 unspecified atom stereocenters. The van der Waals surface area contributed by atoms with Crippen LogP contribution in [0.4, 0.5) is 5.69 Å². The zero-order valence-corrected chi connectivity index (χ0v) is 10.3. The number of aromatic nitrogens is 1. The van der Waals surface area contributed by atoms with Gasteiger partial charge in [0.25, 0.3) is 0 Å². The van der Waals surface area contributed by atoms with Gasteiger partial charge in [-0.2, -0.15) is 0 Å². The number of nitrogen functional groups attached to an aromatic ring is 1. The summed E-state index contributed by atoms with van der Waals surface area (Å²) in [5.41, 5.74) is 9.80. The Labute approximate surface area is 101 Å². The van der Waals surface area contributed by atoms with Crippen molar-refractivity contribution in [3.8, 4) is 11.6 Å². The van der Waals surface area contributed by atoms with E-state index in [4.69, 9.17) is 10.5 Å². The van der Waals surface area contributed by atoms with Crippen LogP contribution in [0, 0.1) is 20.8 Å². The van der Waals surface area contributed by atoms with Gasteiger partial charge in [-0.15, -0.1) is 0 Å². The summed E-state index contributed by atoms with van der Waals surface area (Å²) in [7, 11) is 0. The van der Waals surface area contributed by atoms with Gasteiger partial charge in [0.1, 0.15) is 5.75 Å². The van der Waals surface area contributed by atoms with E-state index >= 15 is 0 Å². The number of benzene rings is 1. The van der Waals surface area contributed by atoms with E-state index in [0.717, 1.165) is 22.4 Å². The Kier molecular flexibility index (Phi) is 3.00. The van der Waals surface area contributed by atoms with Crippen LogP contribution in [-0.4, -0.2) is 4.98 Å². The molecule has 3 heteroatoms. The van der Waals surface area contributed by atoms with Crippen molar-refractivity contribution >= 4 is 5.69 Å². The predicted molar refractivity (Wildman–Crippen MR) is 69.4 cm³/mol. The second kappa shape index (κ2) is 4.45. The van der Waals surface area contributed by atoms with Crippen molar-refractivity contribution in [3.63, 3.8) is 0 Å². The molecule has 1 aromatic carbocycles. The molecule has 1 aromatic heterocycles. The van der Waals surface area contributed by atoms with Gasteiger partial charge in [-0.05, 0) is 55.7 Å². The highest BCUT2D eigenvalue weighted by Gasteiger charge is 2.06. The van der Waals surface area contributed by atoms with Crippen molar-refractivity contribution < 1.29 is 4.74 Å². The number of anilines is 1. The van der Waals surface area contributed by atoms with E-state index in [9.17, 15) is 0 Å². The maximum Gasteiger partial charge on any atom is 0.242 e. The van der Waals surface area contributed by atoms with Crippen molar-refractivity contribution in [2.24, 2.45) is 0 Å². The van der Waals surface area contributed by atoms with E-state index in [2.05, 4.69) is 11.1 Å². The third-order valence-corrected chi connectivity index (χ3v) is 2.58. The largest absolute Gasteiger partial charge is 0.437 e. The maximum atomic E-state index is 5.92. The van der Waals surface area contributed by atoms with Gasteiger partial charge in [-0.25, -0.2) is 4.98 Å². The molecule has 0 aliphatic rings. The molecule has 0 aliphatic heterocycles. The van der Waals surface area contributed by atoms with Crippen LogP contribution in [0.2, 0.25) is 0 Å². The van der Waals surface area contributed by atoms with Crippen LogP contribution in [-0.2, 0) is 0 Å². The zero-order chi connectivity index (χ0) is 12.4. The van der Waals surface area contributed by atoms with Crippen molar-refractivity contribution in [3.05, 3.63) is 47.2 Å². The summed E-state index contributed by atoms with van der Waals surface area (Å²) in [4.78, 5) is 4.15. The molecule has 2 aromatic rings. The summed E-state index contributed by atoms with van der Waals surface area (Å²) in [5, 5.41) is 0. The summed E-state index contributed by atoms with van der Waals surface area (Å²) in [6.07, 6.45) is 1.70. The molecule has 3 nitrogen and oxygen atoms in total. The number of nitrogens with zero attached hydrogens (tertiary/aromatic N) is 1. The van der Waals surface area contributed by atoms with Crippen LogP contribution >= 0.6 is 0 Å². The number of aryl methyl sites for hydroxylation is 3. The standard InChI is InChI=1S/C14H16N2O/c1-9-6-10(2)8-12(7-9)17-14-13(15)11(3)4-5-16-14/h4-8H,15H2,1-3H3. The lowest BCUT2D eigenvalue weighted by Crippen LogP contribution is -1.97. The maximum absolute atomic E-state index is 5.92. The van der Waals surface area contributed by atoms with E-state index in [1.165, 1.54) is 0 Å². The summed E-state index contributed by atoms with van der Waals surface area (Å²) in [6, 6.07) is 7.90. The van der Waals surface area contributed by atoms with Gasteiger partial charge < -0.3 is 10.5 Å². The Morgan fingerprint density at radius 2 is 1.71 bits per heavy atom. The fourth-order valence-corrected chi connectivity index (χ4v) is 1.73. The van der Waals surface area contributed by atoms with Crippen LogP contribution in [0.5, 0.6) is 11.6 Å². The first-order valence-electron chi connectivity index (χ1n) is 5.53. The van der Waals surface area contributed by atoms with Gasteiger partial charge in [-0.3, -0.25) is 0 Å². The lowest BCUT2D eigenvalue weighted by Gasteiger charge is -2.10. The SMILES string of the molecule is Cc1cc(C)cc(Oc2nccc(C)c2N)c1. The van der Waals surface area contributed by atoms with Crippen molar-refractivity contribution in [2.45, 2.75) is 20.8 Å². The number of rotatable bonds is 2. The Hall–Kier alpha value is -2.03. The molecule has 88 valence electrons. The first-order valence-corrected chi connectivity index (χ1v) is 5.53. The van der Waals surface area contributed by atoms with Crippen molar-refractivity contribution in [1.82, 2.24) is 4.98 Å². The van der Waals surface area contributed by atoms with Crippen LogP contribution in [0.1, 0.15) is 16.7 Å². The highest BCUT2D eigenvalue weighted by molar-refractivity contribution is 5.55. The summed E-state index contributed by atoms with van der Waals surface area (Å²) in [6.45, 7) is 6.01. The average molecular weight is 228 g/mol. The molecule has 0 atom stereocenters. The minimum Gasteiger partial charge on any atom is -0.437 e. The Balaban J connectivity index is 2.34. The number of ether oxygens (including phenoxy) is 1. The predicted octanol–water partition coefficient (Wildman–Crippen LogP) is 3.38. The fourth-order valence-electron chi connectivity index (χ4n) is 1.73. The molecule has 0 fully saturated rings. The van der Waals surface area contributed by atoms with Crippen molar-refractivity contribution in [1.29, 1.82) is 0 Å². The average Bonchev–Trinajstić information content (AvgIpc) is 2.23. The smallest absolute Gasteiger partial charge is 0.242 e. The molecular formula is C14H16N2O. The molecule has 0 bridgehead atoms. The molecule has 0 aliphatic carbocycles. The quantitative estimate of drug-likeness (QED) is 0.857. The van der Waals surface area contributed by atoms with Gasteiger partial charge in [0.2, 0.25) is 5.88 Å². The molecule has 17 heavy (non-hydrogen) atoms. The highest BCUT2D eigenvalue weighted by atomic mass is 16.5. The summed E-state index contributed by atoms with van der Waals surface area (Å²) in [5.74, 6) is 1.24. The van der Waals surface area contributed by atoms with Crippen LogP contribution in [0.3, 0.4) is 0 Å². The molecule has 0 spiro atoms. The number of nitrogens with two attached hydrogens (primary N) is 1. The molecule has 0 radical (unpaired) electrons. The Morgan fingerprint density at radius 3 is 2.35 bits per heavy atom. The lowest BCUT2D eigenvalue weighted by molar-refractivity contribution is 0.464. The minimum absolute atomic E-state index is 0.468. The number of hydrogen-bond donors (Lipinski definition) is 1. The van der Waals surface area contributed by atoms with E-state index in [1.54, 1.807) is 6.20 Å². The molecule has 0 saturated carbocycles. The van der Waals surface area contributed by atoms with Crippen LogP contribution in [0.15, 0.2) is 30.5 Å². The van der Waals surface area contributed by atoms with Crippen LogP contribution < -0.4 is 10.5 Å². The molecule has 2 N–H and O–H groups in total. The first-order chi connectivity index (χ1) is 8.06. The van der Waals surface area contributed by atoms with E-state index in [1.807, 2.05) is 39.0 Å². The summed E-state index contributed by atoms with van der Waals surface area (Å²) >= 11 is 0. The first kappa shape index (κ1) is 11.5. The second-order valence-corrected chi connectivity index (χ2v) is 4.27. The number of pyridine rings is 1. The van der Waals surface area contributed by atoms with Gasteiger partial charge >= 0.3 is 0 Å². The molecular weight excluding hydrogens is 212 g/mol. The van der Waals surface area contributed by atoms with Gasteiger partial charge in [0.15, 0.2) is 0 Å². The monoisotopic (exact) mass is 228 g/mol. The normalized spacial score (nSPS) is 10.3. The molecule has 1 heterocycles. The second-order valence-electron chi connectivity index (χ2n) is 4.27. The van der Waals surface area contributed by atoms with Crippen molar-refractivity contribution in [2.75, 3.05) is 5.73 Å². The molecule has 0 amide bonds. The topological polar surface area (TPSA) is 48.1 Å². The molecule has 0 saturated heterocycles.